The Morgan fingerprint density at radius 3 is 2.52 bits per heavy atom. The fourth-order valence-corrected chi connectivity index (χ4v) is 3.26. The number of morpholine rings is 1. The maximum absolute atomic E-state index is 12.6. The predicted octanol–water partition coefficient (Wildman–Crippen LogP) is 3.60. The fourth-order valence-electron chi connectivity index (χ4n) is 3.08. The molecule has 27 heavy (non-hydrogen) atoms. The van der Waals surface area contributed by atoms with Crippen molar-refractivity contribution >= 4 is 23.2 Å². The van der Waals surface area contributed by atoms with Crippen molar-refractivity contribution in [3.63, 3.8) is 0 Å². The Morgan fingerprint density at radius 1 is 1.19 bits per heavy atom. The molecule has 2 aromatic rings. The van der Waals surface area contributed by atoms with Gasteiger partial charge in [0.2, 0.25) is 0 Å². The van der Waals surface area contributed by atoms with Crippen LogP contribution in [0.25, 0.3) is 0 Å². The summed E-state index contributed by atoms with van der Waals surface area (Å²) in [7, 11) is 1.78. The molecule has 1 amide bonds. The van der Waals surface area contributed by atoms with Gasteiger partial charge in [0.25, 0.3) is 5.91 Å². The number of hydrogen-bond donors (Lipinski definition) is 0. The molecule has 1 heterocycles. The molecule has 1 fully saturated rings. The van der Waals surface area contributed by atoms with Crippen molar-refractivity contribution < 1.29 is 14.3 Å². The SMILES string of the molecule is CC(Oc1ccccc1Cl)C(=O)N(C)Cc1ccc(N2CCOCC2)cc1. The summed E-state index contributed by atoms with van der Waals surface area (Å²) >= 11 is 6.10. The van der Waals surface area contributed by atoms with Crippen molar-refractivity contribution in [1.29, 1.82) is 0 Å². The molecule has 1 aliphatic heterocycles. The van der Waals surface area contributed by atoms with E-state index in [1.165, 1.54) is 5.69 Å². The molecular formula is C21H25ClN2O3. The smallest absolute Gasteiger partial charge is 0.263 e. The Morgan fingerprint density at radius 2 is 1.85 bits per heavy atom. The second kappa shape index (κ2) is 9.11. The highest BCUT2D eigenvalue weighted by atomic mass is 35.5. The molecule has 0 aromatic heterocycles. The highest BCUT2D eigenvalue weighted by Gasteiger charge is 2.20. The van der Waals surface area contributed by atoms with Crippen LogP contribution in [0, 0.1) is 0 Å². The molecule has 0 aliphatic carbocycles. The molecule has 2 aromatic carbocycles. The van der Waals surface area contributed by atoms with Crippen molar-refractivity contribution in [2.45, 2.75) is 19.6 Å². The first kappa shape index (κ1) is 19.5. The number of rotatable bonds is 6. The van der Waals surface area contributed by atoms with Crippen LogP contribution in [0.5, 0.6) is 5.75 Å². The Kier molecular flexibility index (Phi) is 6.58. The van der Waals surface area contributed by atoms with Gasteiger partial charge in [-0.1, -0.05) is 35.9 Å². The molecule has 144 valence electrons. The van der Waals surface area contributed by atoms with Gasteiger partial charge in [-0.05, 0) is 36.8 Å². The zero-order valence-corrected chi connectivity index (χ0v) is 16.5. The standard InChI is InChI=1S/C21H25ClN2O3/c1-16(27-20-6-4-3-5-19(20)22)21(25)23(2)15-17-7-9-18(10-8-17)24-11-13-26-14-12-24/h3-10,16H,11-15H2,1-2H3. The Labute approximate surface area is 165 Å². The molecule has 1 unspecified atom stereocenters. The van der Waals surface area contributed by atoms with Gasteiger partial charge in [-0.2, -0.15) is 0 Å². The monoisotopic (exact) mass is 388 g/mol. The van der Waals surface area contributed by atoms with Gasteiger partial charge in [-0.15, -0.1) is 0 Å². The number of benzene rings is 2. The van der Waals surface area contributed by atoms with Gasteiger partial charge < -0.3 is 19.3 Å². The van der Waals surface area contributed by atoms with E-state index in [2.05, 4.69) is 29.2 Å². The lowest BCUT2D eigenvalue weighted by molar-refractivity contribution is -0.137. The van der Waals surface area contributed by atoms with Crippen molar-refractivity contribution in [3.8, 4) is 5.75 Å². The molecule has 1 aliphatic rings. The first-order valence-corrected chi connectivity index (χ1v) is 9.50. The number of hydrogen-bond acceptors (Lipinski definition) is 4. The van der Waals surface area contributed by atoms with Gasteiger partial charge >= 0.3 is 0 Å². The molecule has 3 rings (SSSR count). The Hall–Kier alpha value is -2.24. The number of carbonyl (C=O) groups is 1. The van der Waals surface area contributed by atoms with Gasteiger partial charge in [-0.3, -0.25) is 4.79 Å². The fraction of sp³-hybridized carbons (Fsp3) is 0.381. The van der Waals surface area contributed by atoms with Crippen molar-refractivity contribution in [2.24, 2.45) is 0 Å². The third-order valence-electron chi connectivity index (χ3n) is 4.60. The first-order valence-electron chi connectivity index (χ1n) is 9.12. The maximum Gasteiger partial charge on any atom is 0.263 e. The highest BCUT2D eigenvalue weighted by Crippen LogP contribution is 2.24. The number of halogens is 1. The minimum atomic E-state index is -0.609. The molecule has 1 atom stereocenters. The number of carbonyl (C=O) groups excluding carboxylic acids is 1. The lowest BCUT2D eigenvalue weighted by Crippen LogP contribution is -2.37. The van der Waals surface area contributed by atoms with E-state index in [-0.39, 0.29) is 5.91 Å². The predicted molar refractivity (Wildman–Crippen MR) is 107 cm³/mol. The Balaban J connectivity index is 1.56. The summed E-state index contributed by atoms with van der Waals surface area (Å²) in [4.78, 5) is 16.6. The van der Waals surface area contributed by atoms with Crippen LogP contribution in [-0.4, -0.2) is 50.3 Å². The molecular weight excluding hydrogens is 364 g/mol. The van der Waals surface area contributed by atoms with Crippen molar-refractivity contribution in [1.82, 2.24) is 4.90 Å². The molecule has 5 nitrogen and oxygen atoms in total. The van der Waals surface area contributed by atoms with Crippen molar-refractivity contribution in [2.75, 3.05) is 38.3 Å². The van der Waals surface area contributed by atoms with Gasteiger partial charge in [-0.25, -0.2) is 0 Å². The van der Waals surface area contributed by atoms with Gasteiger partial charge in [0.15, 0.2) is 6.10 Å². The van der Waals surface area contributed by atoms with Crippen LogP contribution in [-0.2, 0) is 16.1 Å². The maximum atomic E-state index is 12.6. The molecule has 0 radical (unpaired) electrons. The summed E-state index contributed by atoms with van der Waals surface area (Å²) in [5.74, 6) is 0.426. The molecule has 0 spiro atoms. The third-order valence-corrected chi connectivity index (χ3v) is 4.91. The van der Waals surface area contributed by atoms with E-state index in [9.17, 15) is 4.79 Å². The second-order valence-corrected chi connectivity index (χ2v) is 7.06. The van der Waals surface area contributed by atoms with Crippen molar-refractivity contribution in [3.05, 3.63) is 59.1 Å². The first-order chi connectivity index (χ1) is 13.0. The minimum absolute atomic E-state index is 0.0906. The number of nitrogens with zero attached hydrogens (tertiary/aromatic N) is 2. The van der Waals surface area contributed by atoms with Crippen LogP contribution < -0.4 is 9.64 Å². The normalized spacial score (nSPS) is 15.3. The average molecular weight is 389 g/mol. The number of amides is 1. The quantitative estimate of drug-likeness (QED) is 0.758. The lowest BCUT2D eigenvalue weighted by Gasteiger charge is -2.29. The highest BCUT2D eigenvalue weighted by molar-refractivity contribution is 6.32. The third kappa shape index (κ3) is 5.15. The largest absolute Gasteiger partial charge is 0.479 e. The lowest BCUT2D eigenvalue weighted by atomic mass is 10.1. The Bertz CT molecular complexity index is 760. The molecule has 0 N–H and O–H groups in total. The molecule has 1 saturated heterocycles. The van der Waals surface area contributed by atoms with Crippen LogP contribution in [0.3, 0.4) is 0 Å². The van der Waals surface area contributed by atoms with E-state index in [1.54, 1.807) is 31.0 Å². The van der Waals surface area contributed by atoms with Gasteiger partial charge in [0.05, 0.1) is 18.2 Å². The number of ether oxygens (including phenoxy) is 2. The summed E-state index contributed by atoms with van der Waals surface area (Å²) in [6.07, 6.45) is -0.609. The molecule has 0 bridgehead atoms. The summed E-state index contributed by atoms with van der Waals surface area (Å²) in [5, 5.41) is 0.499. The number of para-hydroxylation sites is 1. The van der Waals surface area contributed by atoms with E-state index in [0.717, 1.165) is 31.9 Å². The van der Waals surface area contributed by atoms with Crippen LogP contribution in [0.4, 0.5) is 5.69 Å². The summed E-state index contributed by atoms with van der Waals surface area (Å²) in [6.45, 7) is 5.62. The van der Waals surface area contributed by atoms with E-state index in [0.29, 0.717) is 17.3 Å². The van der Waals surface area contributed by atoms with E-state index in [1.807, 2.05) is 12.1 Å². The zero-order chi connectivity index (χ0) is 19.2. The van der Waals surface area contributed by atoms with E-state index < -0.39 is 6.10 Å². The zero-order valence-electron chi connectivity index (χ0n) is 15.7. The van der Waals surface area contributed by atoms with Crippen LogP contribution >= 0.6 is 11.6 Å². The number of anilines is 1. The number of likely N-dealkylation sites (N-methyl/N-ethyl adjacent to an activating group) is 1. The van der Waals surface area contributed by atoms with Crippen LogP contribution in [0.1, 0.15) is 12.5 Å². The molecule has 0 saturated carbocycles. The van der Waals surface area contributed by atoms with Crippen LogP contribution in [0.15, 0.2) is 48.5 Å². The van der Waals surface area contributed by atoms with E-state index in [4.69, 9.17) is 21.1 Å². The van der Waals surface area contributed by atoms with Crippen LogP contribution in [0.2, 0.25) is 5.02 Å². The minimum Gasteiger partial charge on any atom is -0.479 e. The summed E-state index contributed by atoms with van der Waals surface area (Å²) < 4.78 is 11.1. The topological polar surface area (TPSA) is 42.0 Å². The summed E-state index contributed by atoms with van der Waals surface area (Å²) in [6, 6.07) is 15.5. The average Bonchev–Trinajstić information content (AvgIpc) is 2.70. The summed E-state index contributed by atoms with van der Waals surface area (Å²) in [5.41, 5.74) is 2.26. The second-order valence-electron chi connectivity index (χ2n) is 6.65. The van der Waals surface area contributed by atoms with Gasteiger partial charge in [0, 0.05) is 32.4 Å². The van der Waals surface area contributed by atoms with Gasteiger partial charge in [0.1, 0.15) is 5.75 Å². The molecule has 6 heteroatoms. The van der Waals surface area contributed by atoms with E-state index >= 15 is 0 Å².